The summed E-state index contributed by atoms with van der Waals surface area (Å²) in [5.74, 6) is 1.78. The Morgan fingerprint density at radius 1 is 0.367 bits per heavy atom. The van der Waals surface area contributed by atoms with E-state index in [4.69, 9.17) is 19.7 Å². The number of nitrogens with zero attached hydrogens (tertiary/aromatic N) is 3. The fourth-order valence-electron chi connectivity index (χ4n) is 10.1. The van der Waals surface area contributed by atoms with Crippen LogP contribution in [0.3, 0.4) is 0 Å². The number of para-hydroxylation sites is 3. The molecule has 0 unspecified atom stereocenters. The number of aromatic nitrogens is 3. The summed E-state index contributed by atoms with van der Waals surface area (Å²) in [6, 6.07) is 71.1. The van der Waals surface area contributed by atoms with Gasteiger partial charge in [0.25, 0.3) is 0 Å². The van der Waals surface area contributed by atoms with Crippen LogP contribution in [0, 0.1) is 0 Å². The van der Waals surface area contributed by atoms with Crippen LogP contribution in [0.2, 0.25) is 0 Å². The Labute approximate surface area is 346 Å². The Balaban J connectivity index is 0.997. The minimum absolute atomic E-state index is 0.547. The first-order valence-corrected chi connectivity index (χ1v) is 20.4. The molecule has 0 N–H and O–H groups in total. The third-order valence-electron chi connectivity index (χ3n) is 12.7. The zero-order chi connectivity index (χ0) is 39.4. The van der Waals surface area contributed by atoms with Gasteiger partial charge in [-0.25, -0.2) is 15.0 Å². The molecule has 13 rings (SSSR count). The summed E-state index contributed by atoms with van der Waals surface area (Å²) >= 11 is 0. The predicted octanol–water partition coefficient (Wildman–Crippen LogP) is 14.0. The van der Waals surface area contributed by atoms with Gasteiger partial charge in [0.1, 0.15) is 11.5 Å². The highest BCUT2D eigenvalue weighted by atomic mass is 16.5. The van der Waals surface area contributed by atoms with Crippen LogP contribution >= 0.6 is 0 Å². The number of pyridine rings is 3. The number of benzene rings is 8. The first-order chi connectivity index (χ1) is 29.7. The summed E-state index contributed by atoms with van der Waals surface area (Å²) in [4.78, 5) is 15.8. The van der Waals surface area contributed by atoms with Crippen LogP contribution in [0.5, 0.6) is 11.5 Å². The van der Waals surface area contributed by atoms with Gasteiger partial charge in [-0.3, -0.25) is 0 Å². The lowest BCUT2D eigenvalue weighted by Crippen LogP contribution is -2.32. The van der Waals surface area contributed by atoms with Gasteiger partial charge in [0.15, 0.2) is 0 Å². The van der Waals surface area contributed by atoms with Gasteiger partial charge in [0, 0.05) is 54.7 Å². The van der Waals surface area contributed by atoms with Crippen LogP contribution in [0.4, 0.5) is 0 Å². The second-order valence-corrected chi connectivity index (χ2v) is 15.8. The molecule has 0 bridgehead atoms. The maximum atomic E-state index is 6.61. The van der Waals surface area contributed by atoms with E-state index in [1.165, 1.54) is 27.6 Å². The molecule has 8 aromatic carbocycles. The Morgan fingerprint density at radius 3 is 1.62 bits per heavy atom. The van der Waals surface area contributed by atoms with Crippen molar-refractivity contribution in [2.75, 3.05) is 0 Å². The average molecular weight is 764 g/mol. The predicted molar refractivity (Wildman–Crippen MR) is 244 cm³/mol. The normalized spacial score (nSPS) is 13.3. The first kappa shape index (κ1) is 33.1. The molecule has 60 heavy (non-hydrogen) atoms. The van der Waals surface area contributed by atoms with Gasteiger partial charge in [-0.2, -0.15) is 0 Å². The van der Waals surface area contributed by atoms with E-state index in [9.17, 15) is 0 Å². The Hall–Kier alpha value is -7.95. The van der Waals surface area contributed by atoms with Crippen LogP contribution in [-0.2, 0) is 5.41 Å². The van der Waals surface area contributed by atoms with Gasteiger partial charge in [-0.1, -0.05) is 170 Å². The highest BCUT2D eigenvalue weighted by molar-refractivity contribution is 6.19. The largest absolute Gasteiger partial charge is 0.457 e. The molecule has 278 valence electrons. The molecule has 3 aromatic heterocycles. The van der Waals surface area contributed by atoms with Crippen LogP contribution in [0.1, 0.15) is 22.3 Å². The lowest BCUT2D eigenvalue weighted by molar-refractivity contribution is 0.436. The van der Waals surface area contributed by atoms with Crippen molar-refractivity contribution >= 4 is 43.5 Å². The van der Waals surface area contributed by atoms with E-state index in [0.717, 1.165) is 94.5 Å². The van der Waals surface area contributed by atoms with Gasteiger partial charge >= 0.3 is 0 Å². The summed E-state index contributed by atoms with van der Waals surface area (Å²) in [5.41, 5.74) is 15.5. The fourth-order valence-corrected chi connectivity index (χ4v) is 10.1. The number of fused-ring (bicyclic) bond motifs is 16. The summed E-state index contributed by atoms with van der Waals surface area (Å²) in [6.45, 7) is 0. The standard InChI is InChI=1S/C56H33N3O/c1-2-12-34(13-3-1)46-32-28-37-26-27-38-29-33-47(58-55(38)54(37)57-46)35-22-24-36(25-23-35)53-41-30-31-45-52(51(41)40-15-5-9-19-48(40)59-53)39-14-4-6-16-42(39)56(45)43-17-7-10-20-49(43)60-50-21-11-8-18-44(50)56/h1-33H. The van der Waals surface area contributed by atoms with Gasteiger partial charge in [0.05, 0.1) is 39.0 Å². The lowest BCUT2D eigenvalue weighted by atomic mass is 9.66. The summed E-state index contributed by atoms with van der Waals surface area (Å²) in [7, 11) is 0. The molecule has 0 radical (unpaired) electrons. The van der Waals surface area contributed by atoms with Crippen molar-refractivity contribution in [3.8, 4) is 56.4 Å². The summed E-state index contributed by atoms with van der Waals surface area (Å²) in [5, 5.41) is 5.62. The average Bonchev–Trinajstić information content (AvgIpc) is 3.62. The second-order valence-electron chi connectivity index (χ2n) is 15.8. The molecule has 1 aliphatic heterocycles. The van der Waals surface area contributed by atoms with Crippen LogP contribution < -0.4 is 4.74 Å². The van der Waals surface area contributed by atoms with Crippen LogP contribution in [0.15, 0.2) is 200 Å². The van der Waals surface area contributed by atoms with Crippen molar-refractivity contribution in [1.82, 2.24) is 15.0 Å². The van der Waals surface area contributed by atoms with Gasteiger partial charge < -0.3 is 4.74 Å². The van der Waals surface area contributed by atoms with Gasteiger partial charge in [-0.15, -0.1) is 0 Å². The minimum Gasteiger partial charge on any atom is -0.457 e. The maximum absolute atomic E-state index is 6.61. The lowest BCUT2D eigenvalue weighted by Gasteiger charge is -2.39. The molecule has 4 heterocycles. The van der Waals surface area contributed by atoms with Crippen LogP contribution in [0.25, 0.3) is 88.4 Å². The van der Waals surface area contributed by atoms with Crippen molar-refractivity contribution in [2.24, 2.45) is 0 Å². The Bertz CT molecular complexity index is 3530. The summed E-state index contributed by atoms with van der Waals surface area (Å²) < 4.78 is 6.61. The van der Waals surface area contributed by atoms with Crippen molar-refractivity contribution in [2.45, 2.75) is 5.41 Å². The fraction of sp³-hybridized carbons (Fsp3) is 0.0179. The molecular weight excluding hydrogens is 731 g/mol. The molecule has 1 aliphatic carbocycles. The molecule has 1 spiro atoms. The van der Waals surface area contributed by atoms with E-state index >= 15 is 0 Å². The van der Waals surface area contributed by atoms with Gasteiger partial charge in [-0.05, 0) is 52.6 Å². The molecule has 0 saturated carbocycles. The van der Waals surface area contributed by atoms with E-state index in [1.807, 2.05) is 18.2 Å². The Morgan fingerprint density at radius 2 is 0.917 bits per heavy atom. The van der Waals surface area contributed by atoms with Crippen molar-refractivity contribution in [3.63, 3.8) is 0 Å². The van der Waals surface area contributed by atoms with Crippen molar-refractivity contribution < 1.29 is 4.74 Å². The molecule has 0 atom stereocenters. The minimum atomic E-state index is -0.547. The topological polar surface area (TPSA) is 47.9 Å². The maximum Gasteiger partial charge on any atom is 0.132 e. The van der Waals surface area contributed by atoms with Gasteiger partial charge in [0.2, 0.25) is 0 Å². The molecule has 11 aromatic rings. The van der Waals surface area contributed by atoms with E-state index in [0.29, 0.717) is 0 Å². The Kier molecular flexibility index (Phi) is 6.90. The first-order valence-electron chi connectivity index (χ1n) is 20.4. The third-order valence-corrected chi connectivity index (χ3v) is 12.7. The monoisotopic (exact) mass is 763 g/mol. The van der Waals surface area contributed by atoms with Crippen molar-refractivity contribution in [3.05, 3.63) is 222 Å². The summed E-state index contributed by atoms with van der Waals surface area (Å²) in [6.07, 6.45) is 0. The third kappa shape index (κ3) is 4.59. The van der Waals surface area contributed by atoms with E-state index in [1.54, 1.807) is 0 Å². The molecule has 0 saturated heterocycles. The van der Waals surface area contributed by atoms with E-state index in [2.05, 4.69) is 182 Å². The zero-order valence-corrected chi connectivity index (χ0v) is 32.3. The smallest absolute Gasteiger partial charge is 0.132 e. The molecule has 0 amide bonds. The number of hydrogen-bond acceptors (Lipinski definition) is 4. The quantitative estimate of drug-likeness (QED) is 0.168. The van der Waals surface area contributed by atoms with E-state index < -0.39 is 5.41 Å². The van der Waals surface area contributed by atoms with Crippen molar-refractivity contribution in [1.29, 1.82) is 0 Å². The number of hydrogen-bond donors (Lipinski definition) is 0. The second kappa shape index (κ2) is 12.5. The molecular formula is C56H33N3O. The number of rotatable bonds is 3. The van der Waals surface area contributed by atoms with E-state index in [-0.39, 0.29) is 0 Å². The molecule has 2 aliphatic rings. The highest BCUT2D eigenvalue weighted by Crippen LogP contribution is 2.63. The molecule has 4 nitrogen and oxygen atoms in total. The van der Waals surface area contributed by atoms with Crippen LogP contribution in [-0.4, -0.2) is 15.0 Å². The zero-order valence-electron chi connectivity index (χ0n) is 32.3. The molecule has 4 heteroatoms. The number of ether oxygens (including phenoxy) is 1. The molecule has 0 fully saturated rings. The highest BCUT2D eigenvalue weighted by Gasteiger charge is 2.51. The SMILES string of the molecule is c1ccc(-c2ccc3ccc4ccc(-c5ccc(-c6nc7ccccc7c7c8c(ccc67)C6(c7ccccc7Oc7ccccc76)c6ccccc6-8)cc5)nc4c3n2)cc1.